The second-order valence-electron chi connectivity index (χ2n) is 1.77. The van der Waals surface area contributed by atoms with Crippen molar-refractivity contribution >= 4 is 11.8 Å². The lowest BCUT2D eigenvalue weighted by Gasteiger charge is -1.98. The zero-order valence-electron chi connectivity index (χ0n) is 5.68. The van der Waals surface area contributed by atoms with Crippen LogP contribution in [0.25, 0.3) is 0 Å². The molecule has 0 bridgehead atoms. The minimum Gasteiger partial charge on any atom is -0.356 e. The summed E-state index contributed by atoms with van der Waals surface area (Å²) in [4.78, 5) is 20.5. The first-order valence-corrected chi connectivity index (χ1v) is 2.84. The van der Waals surface area contributed by atoms with Crippen LogP contribution in [0.3, 0.4) is 0 Å². The number of rotatable bonds is 3. The number of hydrogen-bond acceptors (Lipinski definition) is 3. The lowest BCUT2D eigenvalue weighted by atomic mass is 10.4. The van der Waals surface area contributed by atoms with Gasteiger partial charge in [0.05, 0.1) is 0 Å². The topological polar surface area (TPSA) is 78.4 Å². The molecular formula is C5H10N2O3. The summed E-state index contributed by atoms with van der Waals surface area (Å²) in [5.41, 5.74) is 1.45. The molecule has 2 amide bonds. The molecule has 0 fully saturated rings. The molecule has 0 aliphatic carbocycles. The number of carbonyl (C=O) groups excluding carboxylic acids is 2. The van der Waals surface area contributed by atoms with Gasteiger partial charge < -0.3 is 5.32 Å². The van der Waals surface area contributed by atoms with Crippen molar-refractivity contribution in [2.45, 2.75) is 13.3 Å². The quantitative estimate of drug-likeness (QED) is 0.353. The van der Waals surface area contributed by atoms with Gasteiger partial charge in [0.1, 0.15) is 0 Å². The Morgan fingerprint density at radius 1 is 1.50 bits per heavy atom. The van der Waals surface area contributed by atoms with Crippen molar-refractivity contribution in [1.82, 2.24) is 10.8 Å². The maximum absolute atomic E-state index is 10.3. The molecule has 0 aromatic heterocycles. The maximum atomic E-state index is 10.3. The third kappa shape index (κ3) is 5.04. The van der Waals surface area contributed by atoms with Crippen LogP contribution in [0.1, 0.15) is 13.3 Å². The fourth-order valence-electron chi connectivity index (χ4n) is 0.408. The summed E-state index contributed by atoms with van der Waals surface area (Å²) < 4.78 is 0. The van der Waals surface area contributed by atoms with Crippen LogP contribution in [0.15, 0.2) is 0 Å². The predicted octanol–water partition coefficient (Wildman–Crippen LogP) is -0.982. The lowest BCUT2D eigenvalue weighted by molar-refractivity contribution is -0.129. The molecular weight excluding hydrogens is 136 g/mol. The van der Waals surface area contributed by atoms with Crippen LogP contribution in [0.5, 0.6) is 0 Å². The van der Waals surface area contributed by atoms with Gasteiger partial charge in [0.25, 0.3) is 0 Å². The molecule has 10 heavy (non-hydrogen) atoms. The normalized spacial score (nSPS) is 8.60. The van der Waals surface area contributed by atoms with Crippen molar-refractivity contribution in [3.63, 3.8) is 0 Å². The zero-order valence-corrected chi connectivity index (χ0v) is 5.68. The standard InChI is InChI=1S/C5H10N2O3/c1-4(8)6-3-2-5(9)7-10/h10H,2-3H2,1H3,(H,6,8)(H,7,9). The Morgan fingerprint density at radius 2 is 2.10 bits per heavy atom. The minimum atomic E-state index is -0.506. The van der Waals surface area contributed by atoms with Crippen molar-refractivity contribution in [2.75, 3.05) is 6.54 Å². The molecule has 0 rings (SSSR count). The Balaban J connectivity index is 3.20. The van der Waals surface area contributed by atoms with Crippen LogP contribution in [-0.4, -0.2) is 23.6 Å². The SMILES string of the molecule is CC(=O)NCCC(=O)NO. The average Bonchev–Trinajstić information content (AvgIpc) is 1.87. The summed E-state index contributed by atoms with van der Waals surface area (Å²) >= 11 is 0. The van der Waals surface area contributed by atoms with E-state index in [1.807, 2.05) is 0 Å². The summed E-state index contributed by atoms with van der Waals surface area (Å²) in [5, 5.41) is 10.4. The molecule has 3 N–H and O–H groups in total. The van der Waals surface area contributed by atoms with Crippen LogP contribution >= 0.6 is 0 Å². The number of hydrogen-bond donors (Lipinski definition) is 3. The maximum Gasteiger partial charge on any atom is 0.245 e. The third-order valence-electron chi connectivity index (χ3n) is 0.851. The number of nitrogens with one attached hydrogen (secondary N) is 2. The fraction of sp³-hybridized carbons (Fsp3) is 0.600. The zero-order chi connectivity index (χ0) is 7.98. The summed E-state index contributed by atoms with van der Waals surface area (Å²) in [6.07, 6.45) is 0.0933. The second-order valence-corrected chi connectivity index (χ2v) is 1.77. The molecule has 5 heteroatoms. The van der Waals surface area contributed by atoms with Crippen molar-refractivity contribution in [3.05, 3.63) is 0 Å². The van der Waals surface area contributed by atoms with E-state index in [4.69, 9.17) is 5.21 Å². The van der Waals surface area contributed by atoms with E-state index in [2.05, 4.69) is 5.32 Å². The van der Waals surface area contributed by atoms with Crippen molar-refractivity contribution in [2.24, 2.45) is 0 Å². The van der Waals surface area contributed by atoms with Gasteiger partial charge in [-0.25, -0.2) is 5.48 Å². The van der Waals surface area contributed by atoms with E-state index in [0.29, 0.717) is 0 Å². The molecule has 0 unspecified atom stereocenters. The Labute approximate surface area is 58.4 Å². The van der Waals surface area contributed by atoms with E-state index in [-0.39, 0.29) is 18.9 Å². The van der Waals surface area contributed by atoms with Crippen LogP contribution in [0.2, 0.25) is 0 Å². The molecule has 0 saturated carbocycles. The van der Waals surface area contributed by atoms with Crippen molar-refractivity contribution in [3.8, 4) is 0 Å². The van der Waals surface area contributed by atoms with E-state index in [0.717, 1.165) is 0 Å². The highest BCUT2D eigenvalue weighted by molar-refractivity contribution is 5.76. The number of amides is 2. The summed E-state index contributed by atoms with van der Waals surface area (Å²) in [6.45, 7) is 1.61. The first-order chi connectivity index (χ1) is 4.66. The van der Waals surface area contributed by atoms with E-state index in [1.165, 1.54) is 12.4 Å². The molecule has 0 aromatic rings. The third-order valence-corrected chi connectivity index (χ3v) is 0.851. The largest absolute Gasteiger partial charge is 0.356 e. The van der Waals surface area contributed by atoms with Gasteiger partial charge in [-0.05, 0) is 0 Å². The molecule has 0 aliphatic rings. The van der Waals surface area contributed by atoms with E-state index >= 15 is 0 Å². The highest BCUT2D eigenvalue weighted by atomic mass is 16.5. The first kappa shape index (κ1) is 8.90. The van der Waals surface area contributed by atoms with E-state index in [1.54, 1.807) is 0 Å². The van der Waals surface area contributed by atoms with Crippen molar-refractivity contribution < 1.29 is 14.8 Å². The van der Waals surface area contributed by atoms with E-state index < -0.39 is 5.91 Å². The van der Waals surface area contributed by atoms with Gasteiger partial charge in [-0.15, -0.1) is 0 Å². The van der Waals surface area contributed by atoms with Gasteiger partial charge in [-0.2, -0.15) is 0 Å². The predicted molar refractivity (Wildman–Crippen MR) is 33.2 cm³/mol. The van der Waals surface area contributed by atoms with Crippen molar-refractivity contribution in [1.29, 1.82) is 0 Å². The smallest absolute Gasteiger partial charge is 0.245 e. The van der Waals surface area contributed by atoms with E-state index in [9.17, 15) is 9.59 Å². The molecule has 0 saturated heterocycles. The minimum absolute atomic E-state index is 0.0933. The van der Waals surface area contributed by atoms with Gasteiger partial charge in [0.15, 0.2) is 0 Å². The molecule has 0 spiro atoms. The number of carbonyl (C=O) groups is 2. The monoisotopic (exact) mass is 146 g/mol. The van der Waals surface area contributed by atoms with Gasteiger partial charge in [-0.1, -0.05) is 0 Å². The average molecular weight is 146 g/mol. The van der Waals surface area contributed by atoms with Crippen LogP contribution in [0, 0.1) is 0 Å². The summed E-state index contributed by atoms with van der Waals surface area (Å²) in [7, 11) is 0. The van der Waals surface area contributed by atoms with Crippen LogP contribution in [-0.2, 0) is 9.59 Å². The fourth-order valence-corrected chi connectivity index (χ4v) is 0.408. The Kier molecular flexibility index (Phi) is 4.23. The Bertz CT molecular complexity index is 135. The molecule has 0 aliphatic heterocycles. The van der Waals surface area contributed by atoms with Crippen LogP contribution < -0.4 is 10.8 Å². The van der Waals surface area contributed by atoms with Gasteiger partial charge in [0.2, 0.25) is 11.8 Å². The highest BCUT2D eigenvalue weighted by Crippen LogP contribution is 1.74. The highest BCUT2D eigenvalue weighted by Gasteiger charge is 1.97. The van der Waals surface area contributed by atoms with Gasteiger partial charge in [0, 0.05) is 19.9 Å². The summed E-state index contributed by atoms with van der Waals surface area (Å²) in [5.74, 6) is -0.695. The second kappa shape index (κ2) is 4.75. The van der Waals surface area contributed by atoms with Gasteiger partial charge in [-0.3, -0.25) is 14.8 Å². The van der Waals surface area contributed by atoms with Crippen LogP contribution in [0.4, 0.5) is 0 Å². The molecule has 58 valence electrons. The first-order valence-electron chi connectivity index (χ1n) is 2.84. The molecule has 0 radical (unpaired) electrons. The molecule has 5 nitrogen and oxygen atoms in total. The lowest BCUT2D eigenvalue weighted by Crippen LogP contribution is -2.27. The summed E-state index contributed by atoms with van der Waals surface area (Å²) in [6, 6.07) is 0. The molecule has 0 heterocycles. The van der Waals surface area contributed by atoms with Gasteiger partial charge >= 0.3 is 0 Å². The number of hydroxylamine groups is 1. The molecule has 0 atom stereocenters. The Hall–Kier alpha value is -1.10. The molecule has 0 aromatic carbocycles. The Morgan fingerprint density at radius 3 is 2.50 bits per heavy atom.